The van der Waals surface area contributed by atoms with Crippen LogP contribution in [0.3, 0.4) is 0 Å². The first-order valence-corrected chi connectivity index (χ1v) is 6.83. The highest BCUT2D eigenvalue weighted by atomic mass is 32.2. The highest BCUT2D eigenvalue weighted by Crippen LogP contribution is 1.94. The first-order valence-electron chi connectivity index (χ1n) is 5.22. The minimum Gasteiger partial charge on any atom is -0.317 e. The van der Waals surface area contributed by atoms with Crippen molar-refractivity contribution in [1.29, 1.82) is 0 Å². The largest absolute Gasteiger partial charge is 0.317 e. The summed E-state index contributed by atoms with van der Waals surface area (Å²) >= 11 is 0. The summed E-state index contributed by atoms with van der Waals surface area (Å²) in [6.07, 6.45) is 4.95. The summed E-state index contributed by atoms with van der Waals surface area (Å²) in [5, 5.41) is 3.23. The van der Waals surface area contributed by atoms with Crippen LogP contribution < -0.4 is 5.32 Å². The molecule has 0 aliphatic heterocycles. The van der Waals surface area contributed by atoms with Crippen LogP contribution in [0.25, 0.3) is 0 Å². The van der Waals surface area contributed by atoms with Crippen LogP contribution in [-0.4, -0.2) is 31.8 Å². The lowest BCUT2D eigenvalue weighted by Crippen LogP contribution is -2.17. The number of unbranched alkanes of at least 4 members (excludes halogenated alkanes) is 3. The molecule has 0 saturated heterocycles. The SMILES string of the molecule is CCCCCNCCCCS(=O)(=O)O. The topological polar surface area (TPSA) is 66.4 Å². The zero-order valence-electron chi connectivity index (χ0n) is 8.83. The Morgan fingerprint density at radius 3 is 2.14 bits per heavy atom. The van der Waals surface area contributed by atoms with E-state index in [1.807, 2.05) is 0 Å². The molecule has 4 nitrogen and oxygen atoms in total. The number of hydrogen-bond donors (Lipinski definition) is 2. The van der Waals surface area contributed by atoms with E-state index < -0.39 is 10.1 Å². The lowest BCUT2D eigenvalue weighted by molar-refractivity contribution is 0.479. The van der Waals surface area contributed by atoms with Crippen molar-refractivity contribution in [3.8, 4) is 0 Å². The molecule has 0 aromatic heterocycles. The van der Waals surface area contributed by atoms with Gasteiger partial charge in [0, 0.05) is 0 Å². The maximum atomic E-state index is 10.3. The van der Waals surface area contributed by atoms with E-state index in [-0.39, 0.29) is 5.75 Å². The van der Waals surface area contributed by atoms with Crippen LogP contribution in [0.5, 0.6) is 0 Å². The molecular formula is C9H21NO3S. The average Bonchev–Trinajstić information content (AvgIpc) is 2.08. The molecule has 0 heterocycles. The third-order valence-electron chi connectivity index (χ3n) is 1.96. The second-order valence-corrected chi connectivity index (χ2v) is 5.02. The monoisotopic (exact) mass is 223 g/mol. The van der Waals surface area contributed by atoms with Gasteiger partial charge in [-0.25, -0.2) is 0 Å². The third-order valence-corrected chi connectivity index (χ3v) is 2.77. The Morgan fingerprint density at radius 2 is 1.64 bits per heavy atom. The van der Waals surface area contributed by atoms with Gasteiger partial charge in [0.25, 0.3) is 10.1 Å². The van der Waals surface area contributed by atoms with Crippen LogP contribution in [-0.2, 0) is 10.1 Å². The van der Waals surface area contributed by atoms with E-state index in [4.69, 9.17) is 4.55 Å². The van der Waals surface area contributed by atoms with Gasteiger partial charge in [-0.05, 0) is 32.4 Å². The fourth-order valence-corrected chi connectivity index (χ4v) is 1.73. The molecule has 0 unspecified atom stereocenters. The van der Waals surface area contributed by atoms with Gasteiger partial charge in [0.1, 0.15) is 0 Å². The smallest absolute Gasteiger partial charge is 0.264 e. The van der Waals surface area contributed by atoms with Crippen LogP contribution in [0.4, 0.5) is 0 Å². The predicted octanol–water partition coefficient (Wildman–Crippen LogP) is 1.43. The van der Waals surface area contributed by atoms with Crippen LogP contribution in [0.2, 0.25) is 0 Å². The summed E-state index contributed by atoms with van der Waals surface area (Å²) in [5.74, 6) is -0.121. The van der Waals surface area contributed by atoms with Crippen molar-refractivity contribution in [1.82, 2.24) is 5.32 Å². The maximum Gasteiger partial charge on any atom is 0.264 e. The van der Waals surface area contributed by atoms with Crippen LogP contribution >= 0.6 is 0 Å². The average molecular weight is 223 g/mol. The van der Waals surface area contributed by atoms with E-state index in [1.54, 1.807) is 0 Å². The minimum absolute atomic E-state index is 0.121. The van der Waals surface area contributed by atoms with Crippen molar-refractivity contribution in [2.75, 3.05) is 18.8 Å². The molecule has 86 valence electrons. The molecule has 0 radical (unpaired) electrons. The normalized spacial score (nSPS) is 11.9. The zero-order valence-corrected chi connectivity index (χ0v) is 9.65. The molecule has 0 spiro atoms. The summed E-state index contributed by atoms with van der Waals surface area (Å²) in [7, 11) is -3.75. The fourth-order valence-electron chi connectivity index (χ4n) is 1.16. The summed E-state index contributed by atoms with van der Waals surface area (Å²) in [4.78, 5) is 0. The van der Waals surface area contributed by atoms with Gasteiger partial charge in [0.2, 0.25) is 0 Å². The Bertz CT molecular complexity index is 214. The third kappa shape index (κ3) is 11.9. The summed E-state index contributed by atoms with van der Waals surface area (Å²) in [6.45, 7) is 3.99. The predicted molar refractivity (Wildman–Crippen MR) is 58.0 cm³/mol. The molecule has 0 bridgehead atoms. The Labute approximate surface area is 86.8 Å². The number of rotatable bonds is 9. The minimum atomic E-state index is -3.75. The highest BCUT2D eigenvalue weighted by Gasteiger charge is 2.02. The molecule has 5 heteroatoms. The van der Waals surface area contributed by atoms with Gasteiger partial charge in [0.15, 0.2) is 0 Å². The molecule has 0 aliphatic rings. The van der Waals surface area contributed by atoms with Crippen molar-refractivity contribution >= 4 is 10.1 Å². The van der Waals surface area contributed by atoms with Gasteiger partial charge >= 0.3 is 0 Å². The lowest BCUT2D eigenvalue weighted by atomic mass is 10.2. The molecule has 0 fully saturated rings. The van der Waals surface area contributed by atoms with Crippen LogP contribution in [0.1, 0.15) is 39.0 Å². The maximum absolute atomic E-state index is 10.3. The molecule has 0 rings (SSSR count). The molecule has 0 amide bonds. The Balaban J connectivity index is 3.07. The van der Waals surface area contributed by atoms with Gasteiger partial charge in [-0.2, -0.15) is 8.42 Å². The molecule has 0 saturated carbocycles. The Hall–Kier alpha value is -0.130. The zero-order chi connectivity index (χ0) is 10.9. The van der Waals surface area contributed by atoms with Gasteiger partial charge in [0.05, 0.1) is 5.75 Å². The van der Waals surface area contributed by atoms with E-state index in [0.717, 1.165) is 19.5 Å². The van der Waals surface area contributed by atoms with Gasteiger partial charge in [-0.1, -0.05) is 19.8 Å². The van der Waals surface area contributed by atoms with Crippen molar-refractivity contribution in [3.63, 3.8) is 0 Å². The van der Waals surface area contributed by atoms with Crippen molar-refractivity contribution in [2.24, 2.45) is 0 Å². The van der Waals surface area contributed by atoms with Gasteiger partial charge in [-0.15, -0.1) is 0 Å². The second-order valence-electron chi connectivity index (χ2n) is 3.45. The van der Waals surface area contributed by atoms with E-state index in [0.29, 0.717) is 6.42 Å². The first kappa shape index (κ1) is 13.9. The first-order chi connectivity index (χ1) is 6.56. The quantitative estimate of drug-likeness (QED) is 0.458. The molecule has 14 heavy (non-hydrogen) atoms. The van der Waals surface area contributed by atoms with E-state index in [2.05, 4.69) is 12.2 Å². The highest BCUT2D eigenvalue weighted by molar-refractivity contribution is 7.85. The molecular weight excluding hydrogens is 202 g/mol. The van der Waals surface area contributed by atoms with Crippen LogP contribution in [0, 0.1) is 0 Å². The number of nitrogens with one attached hydrogen (secondary N) is 1. The van der Waals surface area contributed by atoms with Crippen molar-refractivity contribution in [3.05, 3.63) is 0 Å². The lowest BCUT2D eigenvalue weighted by Gasteiger charge is -2.02. The Kier molecular flexibility index (Phi) is 8.12. The van der Waals surface area contributed by atoms with Gasteiger partial charge in [-0.3, -0.25) is 4.55 Å². The standard InChI is InChI=1S/C9H21NO3S/c1-2-3-4-7-10-8-5-6-9-14(11,12)13/h10H,2-9H2,1H3,(H,11,12,13). The number of hydrogen-bond acceptors (Lipinski definition) is 3. The molecule has 0 atom stereocenters. The van der Waals surface area contributed by atoms with Crippen molar-refractivity contribution < 1.29 is 13.0 Å². The summed E-state index contributed by atoms with van der Waals surface area (Å²) in [5.41, 5.74) is 0. The summed E-state index contributed by atoms with van der Waals surface area (Å²) in [6, 6.07) is 0. The second kappa shape index (κ2) is 8.20. The fraction of sp³-hybridized carbons (Fsp3) is 1.00. The summed E-state index contributed by atoms with van der Waals surface area (Å²) < 4.78 is 29.1. The van der Waals surface area contributed by atoms with E-state index >= 15 is 0 Å². The molecule has 0 aromatic carbocycles. The van der Waals surface area contributed by atoms with Gasteiger partial charge < -0.3 is 5.32 Å². The molecule has 0 aromatic rings. The molecule has 0 aliphatic carbocycles. The molecule has 2 N–H and O–H groups in total. The van der Waals surface area contributed by atoms with E-state index in [1.165, 1.54) is 19.3 Å². The van der Waals surface area contributed by atoms with Crippen LogP contribution in [0.15, 0.2) is 0 Å². The van der Waals surface area contributed by atoms with Crippen molar-refractivity contribution in [2.45, 2.75) is 39.0 Å². The Morgan fingerprint density at radius 1 is 1.07 bits per heavy atom. The van der Waals surface area contributed by atoms with E-state index in [9.17, 15) is 8.42 Å².